The second-order valence-electron chi connectivity index (χ2n) is 4.46. The van der Waals surface area contributed by atoms with E-state index in [1.165, 1.54) is 26.3 Å². The molecule has 0 aliphatic carbocycles. The minimum Gasteiger partial charge on any atom is -0.306 e. The van der Waals surface area contributed by atoms with Crippen LogP contribution in [-0.4, -0.2) is 6.54 Å². The highest BCUT2D eigenvalue weighted by Crippen LogP contribution is 2.40. The second-order valence-corrected chi connectivity index (χ2v) is 7.86. The van der Waals surface area contributed by atoms with Gasteiger partial charge in [-0.15, -0.1) is 22.7 Å². The summed E-state index contributed by atoms with van der Waals surface area (Å²) in [5.41, 5.74) is 1.06. The lowest BCUT2D eigenvalue weighted by Gasteiger charge is -2.15. The van der Waals surface area contributed by atoms with Gasteiger partial charge in [0, 0.05) is 15.1 Å². The Hall–Kier alpha value is -0.580. The maximum atomic E-state index is 6.32. The van der Waals surface area contributed by atoms with E-state index in [1.54, 1.807) is 11.3 Å². The van der Waals surface area contributed by atoms with Gasteiger partial charge in [0.1, 0.15) is 0 Å². The van der Waals surface area contributed by atoms with Crippen LogP contribution in [0.3, 0.4) is 0 Å². The summed E-state index contributed by atoms with van der Waals surface area (Å²) in [6, 6.07) is 12.7. The number of fused-ring (bicyclic) bond motifs is 1. The van der Waals surface area contributed by atoms with Gasteiger partial charge in [-0.3, -0.25) is 0 Å². The lowest BCUT2D eigenvalue weighted by molar-refractivity contribution is 0.642. The largest absolute Gasteiger partial charge is 0.306 e. The minimum atomic E-state index is 0.105. The fraction of sp³-hybridized carbons (Fsp3) is 0.200. The maximum Gasteiger partial charge on any atom is 0.0995 e. The van der Waals surface area contributed by atoms with Gasteiger partial charge >= 0.3 is 0 Å². The van der Waals surface area contributed by atoms with E-state index in [0.29, 0.717) is 0 Å². The predicted octanol–water partition coefficient (Wildman–Crippen LogP) is 5.97. The van der Waals surface area contributed by atoms with Crippen molar-refractivity contribution in [3.8, 4) is 0 Å². The van der Waals surface area contributed by atoms with Gasteiger partial charge in [0.25, 0.3) is 0 Å². The van der Waals surface area contributed by atoms with Crippen LogP contribution in [0.1, 0.15) is 23.4 Å². The van der Waals surface area contributed by atoms with Gasteiger partial charge < -0.3 is 5.32 Å². The second kappa shape index (κ2) is 6.04. The van der Waals surface area contributed by atoms with Gasteiger partial charge in [-0.2, -0.15) is 0 Å². The minimum absolute atomic E-state index is 0.105. The van der Waals surface area contributed by atoms with Crippen LogP contribution >= 0.6 is 45.9 Å². The molecule has 1 atom stereocenters. The molecule has 104 valence electrons. The first-order chi connectivity index (χ1) is 9.69. The normalized spacial score (nSPS) is 12.9. The number of rotatable bonds is 4. The fourth-order valence-electron chi connectivity index (χ4n) is 2.26. The summed E-state index contributed by atoms with van der Waals surface area (Å²) in [4.78, 5) is 1.27. The summed E-state index contributed by atoms with van der Waals surface area (Å²) >= 11 is 15.6. The van der Waals surface area contributed by atoms with E-state index in [1.807, 2.05) is 6.07 Å². The molecule has 0 saturated carbocycles. The molecular formula is C15H13Cl2NS2. The SMILES string of the molecule is CCNC(c1cc2ccccc2s1)c1cc(Cl)sc1Cl. The van der Waals surface area contributed by atoms with Crippen LogP contribution in [0.5, 0.6) is 0 Å². The average Bonchev–Trinajstić information content (AvgIpc) is 2.99. The van der Waals surface area contributed by atoms with Crippen LogP contribution in [-0.2, 0) is 0 Å². The zero-order valence-electron chi connectivity index (χ0n) is 10.8. The first-order valence-electron chi connectivity index (χ1n) is 6.35. The molecule has 2 heterocycles. The van der Waals surface area contributed by atoms with Crippen molar-refractivity contribution < 1.29 is 0 Å². The number of halogens is 2. The van der Waals surface area contributed by atoms with Crippen LogP contribution in [0.2, 0.25) is 8.67 Å². The molecule has 0 amide bonds. The standard InChI is InChI=1S/C15H13Cl2NS2/c1-2-18-14(10-8-13(16)20-15(10)17)12-7-9-5-3-4-6-11(9)19-12/h3-8,14,18H,2H2,1H3. The number of hydrogen-bond acceptors (Lipinski definition) is 3. The molecule has 1 N–H and O–H groups in total. The van der Waals surface area contributed by atoms with Crippen molar-refractivity contribution in [1.29, 1.82) is 0 Å². The molecule has 0 fully saturated rings. The van der Waals surface area contributed by atoms with Gasteiger partial charge in [0.2, 0.25) is 0 Å². The van der Waals surface area contributed by atoms with Crippen molar-refractivity contribution in [3.63, 3.8) is 0 Å². The van der Waals surface area contributed by atoms with Crippen molar-refractivity contribution in [2.24, 2.45) is 0 Å². The first-order valence-corrected chi connectivity index (χ1v) is 8.74. The van der Waals surface area contributed by atoms with Gasteiger partial charge in [0.15, 0.2) is 0 Å². The number of benzene rings is 1. The Bertz CT molecular complexity index is 699. The van der Waals surface area contributed by atoms with Gasteiger partial charge in [0.05, 0.1) is 14.7 Å². The van der Waals surface area contributed by atoms with E-state index in [-0.39, 0.29) is 6.04 Å². The first kappa shape index (κ1) is 14.4. The van der Waals surface area contributed by atoms with E-state index < -0.39 is 0 Å². The van der Waals surface area contributed by atoms with E-state index in [2.05, 4.69) is 42.6 Å². The van der Waals surface area contributed by atoms with Crippen LogP contribution in [0.15, 0.2) is 36.4 Å². The zero-order valence-corrected chi connectivity index (χ0v) is 14.0. The molecule has 0 aliphatic heterocycles. The molecule has 0 spiro atoms. The van der Waals surface area contributed by atoms with Crippen molar-refractivity contribution >= 4 is 56.0 Å². The molecule has 0 aliphatic rings. The Balaban J connectivity index is 2.08. The Labute approximate surface area is 136 Å². The molecule has 2 aromatic heterocycles. The van der Waals surface area contributed by atoms with Gasteiger partial charge in [-0.25, -0.2) is 0 Å². The van der Waals surface area contributed by atoms with Crippen LogP contribution in [0, 0.1) is 0 Å². The monoisotopic (exact) mass is 341 g/mol. The molecule has 0 saturated heterocycles. The summed E-state index contributed by atoms with van der Waals surface area (Å²) in [6.07, 6.45) is 0. The molecule has 3 rings (SSSR count). The number of nitrogens with one attached hydrogen (secondary N) is 1. The van der Waals surface area contributed by atoms with Crippen molar-refractivity contribution in [1.82, 2.24) is 5.32 Å². The summed E-state index contributed by atoms with van der Waals surface area (Å²) < 4.78 is 2.79. The summed E-state index contributed by atoms with van der Waals surface area (Å²) in [5, 5.41) is 4.78. The summed E-state index contributed by atoms with van der Waals surface area (Å²) in [5.74, 6) is 0. The zero-order chi connectivity index (χ0) is 14.1. The van der Waals surface area contributed by atoms with Gasteiger partial charge in [-0.05, 0) is 30.1 Å². The van der Waals surface area contributed by atoms with Crippen LogP contribution in [0.25, 0.3) is 10.1 Å². The Morgan fingerprint density at radius 2 is 1.95 bits per heavy atom. The van der Waals surface area contributed by atoms with E-state index in [9.17, 15) is 0 Å². The molecule has 20 heavy (non-hydrogen) atoms. The average molecular weight is 342 g/mol. The molecule has 0 bridgehead atoms. The Morgan fingerprint density at radius 1 is 1.15 bits per heavy atom. The topological polar surface area (TPSA) is 12.0 Å². The highest BCUT2D eigenvalue weighted by molar-refractivity contribution is 7.20. The highest BCUT2D eigenvalue weighted by atomic mass is 35.5. The molecule has 1 unspecified atom stereocenters. The number of hydrogen-bond donors (Lipinski definition) is 1. The van der Waals surface area contributed by atoms with E-state index in [4.69, 9.17) is 23.2 Å². The Morgan fingerprint density at radius 3 is 2.60 bits per heavy atom. The molecule has 1 aromatic carbocycles. The van der Waals surface area contributed by atoms with Gasteiger partial charge in [-0.1, -0.05) is 48.3 Å². The molecular weight excluding hydrogens is 329 g/mol. The fourth-order valence-corrected chi connectivity index (χ4v) is 4.95. The van der Waals surface area contributed by atoms with E-state index >= 15 is 0 Å². The molecule has 3 aromatic rings. The third-order valence-electron chi connectivity index (χ3n) is 3.13. The third-order valence-corrected chi connectivity index (χ3v) is 5.83. The quantitative estimate of drug-likeness (QED) is 0.616. The smallest absolute Gasteiger partial charge is 0.0995 e. The van der Waals surface area contributed by atoms with Crippen molar-refractivity contribution in [2.45, 2.75) is 13.0 Å². The predicted molar refractivity (Wildman–Crippen MR) is 91.7 cm³/mol. The number of thiophene rings is 2. The lowest BCUT2D eigenvalue weighted by Crippen LogP contribution is -2.20. The van der Waals surface area contributed by atoms with Crippen LogP contribution < -0.4 is 5.32 Å². The Kier molecular flexibility index (Phi) is 4.34. The third kappa shape index (κ3) is 2.74. The summed E-state index contributed by atoms with van der Waals surface area (Å²) in [7, 11) is 0. The molecule has 5 heteroatoms. The van der Waals surface area contributed by atoms with Crippen LogP contribution in [0.4, 0.5) is 0 Å². The lowest BCUT2D eigenvalue weighted by atomic mass is 10.1. The van der Waals surface area contributed by atoms with Crippen molar-refractivity contribution in [2.75, 3.05) is 6.54 Å². The molecule has 0 radical (unpaired) electrons. The molecule has 1 nitrogen and oxygen atoms in total. The van der Waals surface area contributed by atoms with Crippen molar-refractivity contribution in [3.05, 3.63) is 55.5 Å². The maximum absolute atomic E-state index is 6.32. The highest BCUT2D eigenvalue weighted by Gasteiger charge is 2.20. The van der Waals surface area contributed by atoms with E-state index in [0.717, 1.165) is 20.8 Å². The summed E-state index contributed by atoms with van der Waals surface area (Å²) in [6.45, 7) is 2.98.